The van der Waals surface area contributed by atoms with Crippen molar-refractivity contribution in [2.24, 2.45) is 0 Å². The highest BCUT2D eigenvalue weighted by Crippen LogP contribution is 2.31. The number of nitrogens with zero attached hydrogens (tertiary/aromatic N) is 4. The number of fused-ring (bicyclic) bond motifs is 3. The van der Waals surface area contributed by atoms with Crippen LogP contribution in [-0.2, 0) is 11.2 Å². The maximum absolute atomic E-state index is 9.77. The van der Waals surface area contributed by atoms with E-state index in [4.69, 9.17) is 9.72 Å². The molecular weight excluding hydrogens is 350 g/mol. The molecule has 0 saturated carbocycles. The SMILES string of the molecule is CCc1c(C)c(C#N)c2nc3ccccc3n2c1NCCCN1CCOCC1. The number of rotatable bonds is 6. The molecule has 1 N–H and O–H groups in total. The number of pyridine rings is 1. The van der Waals surface area contributed by atoms with E-state index in [1.807, 2.05) is 25.1 Å². The van der Waals surface area contributed by atoms with Crippen molar-refractivity contribution in [2.75, 3.05) is 44.7 Å². The van der Waals surface area contributed by atoms with Crippen molar-refractivity contribution >= 4 is 22.5 Å². The summed E-state index contributed by atoms with van der Waals surface area (Å²) >= 11 is 0. The summed E-state index contributed by atoms with van der Waals surface area (Å²) in [6.45, 7) is 9.86. The lowest BCUT2D eigenvalue weighted by Crippen LogP contribution is -2.37. The van der Waals surface area contributed by atoms with Crippen LogP contribution in [0.5, 0.6) is 0 Å². The molecule has 0 bridgehead atoms. The van der Waals surface area contributed by atoms with Crippen LogP contribution in [0, 0.1) is 18.3 Å². The number of aromatic nitrogens is 2. The Labute approximate surface area is 165 Å². The first-order chi connectivity index (χ1) is 13.7. The Morgan fingerprint density at radius 1 is 1.25 bits per heavy atom. The number of nitriles is 1. The fraction of sp³-hybridized carbons (Fsp3) is 0.455. The molecule has 1 saturated heterocycles. The third-order valence-corrected chi connectivity index (χ3v) is 5.63. The maximum atomic E-state index is 9.77. The van der Waals surface area contributed by atoms with Gasteiger partial charge in [-0.25, -0.2) is 4.98 Å². The molecular formula is C22H27N5O. The first kappa shape index (κ1) is 18.7. The fourth-order valence-electron chi connectivity index (χ4n) is 4.14. The topological polar surface area (TPSA) is 65.6 Å². The number of anilines is 1. The second kappa shape index (κ2) is 8.17. The predicted octanol–water partition coefficient (Wildman–Crippen LogP) is 3.36. The van der Waals surface area contributed by atoms with Crippen LogP contribution in [0.25, 0.3) is 16.7 Å². The van der Waals surface area contributed by atoms with Gasteiger partial charge in [-0.1, -0.05) is 19.1 Å². The quantitative estimate of drug-likeness (QED) is 0.667. The fourth-order valence-corrected chi connectivity index (χ4v) is 4.14. The summed E-state index contributed by atoms with van der Waals surface area (Å²) in [5.41, 5.74) is 5.60. The van der Waals surface area contributed by atoms with Crippen LogP contribution in [0.1, 0.15) is 30.0 Å². The Balaban J connectivity index is 1.68. The zero-order chi connectivity index (χ0) is 19.5. The Bertz CT molecular complexity index is 1030. The van der Waals surface area contributed by atoms with Crippen LogP contribution in [0.3, 0.4) is 0 Å². The number of morpholine rings is 1. The van der Waals surface area contributed by atoms with Crippen molar-refractivity contribution in [1.29, 1.82) is 5.26 Å². The predicted molar refractivity (Wildman–Crippen MR) is 112 cm³/mol. The van der Waals surface area contributed by atoms with E-state index in [0.29, 0.717) is 5.56 Å². The lowest BCUT2D eigenvalue weighted by atomic mass is 10.0. The van der Waals surface area contributed by atoms with Gasteiger partial charge in [-0.15, -0.1) is 0 Å². The van der Waals surface area contributed by atoms with Crippen LogP contribution in [0.2, 0.25) is 0 Å². The molecule has 2 aromatic heterocycles. The summed E-state index contributed by atoms with van der Waals surface area (Å²) in [4.78, 5) is 7.22. The van der Waals surface area contributed by atoms with E-state index >= 15 is 0 Å². The summed E-state index contributed by atoms with van der Waals surface area (Å²) in [7, 11) is 0. The van der Waals surface area contributed by atoms with Crippen molar-refractivity contribution in [3.05, 3.63) is 41.0 Å². The maximum Gasteiger partial charge on any atom is 0.157 e. The Morgan fingerprint density at radius 3 is 2.79 bits per heavy atom. The number of benzene rings is 1. The van der Waals surface area contributed by atoms with Gasteiger partial charge in [0.05, 0.1) is 29.8 Å². The zero-order valence-electron chi connectivity index (χ0n) is 16.7. The van der Waals surface area contributed by atoms with Gasteiger partial charge in [-0.2, -0.15) is 5.26 Å². The third-order valence-electron chi connectivity index (χ3n) is 5.63. The van der Waals surface area contributed by atoms with Crippen LogP contribution in [-0.4, -0.2) is 53.7 Å². The summed E-state index contributed by atoms with van der Waals surface area (Å²) < 4.78 is 7.56. The van der Waals surface area contributed by atoms with Gasteiger partial charge in [0.1, 0.15) is 11.9 Å². The molecule has 3 aromatic rings. The highest BCUT2D eigenvalue weighted by atomic mass is 16.5. The lowest BCUT2D eigenvalue weighted by Gasteiger charge is -2.26. The summed E-state index contributed by atoms with van der Waals surface area (Å²) in [6, 6.07) is 10.5. The lowest BCUT2D eigenvalue weighted by molar-refractivity contribution is 0.0378. The molecule has 4 rings (SSSR count). The van der Waals surface area contributed by atoms with Crippen LogP contribution < -0.4 is 5.32 Å². The smallest absolute Gasteiger partial charge is 0.157 e. The van der Waals surface area contributed by atoms with Gasteiger partial charge < -0.3 is 10.1 Å². The monoisotopic (exact) mass is 377 g/mol. The number of nitrogens with one attached hydrogen (secondary N) is 1. The van der Waals surface area contributed by atoms with Crippen LogP contribution in [0.15, 0.2) is 24.3 Å². The van der Waals surface area contributed by atoms with Crippen molar-refractivity contribution in [3.63, 3.8) is 0 Å². The van der Waals surface area contributed by atoms with Gasteiger partial charge >= 0.3 is 0 Å². The van der Waals surface area contributed by atoms with E-state index < -0.39 is 0 Å². The zero-order valence-corrected chi connectivity index (χ0v) is 16.7. The summed E-state index contributed by atoms with van der Waals surface area (Å²) in [5.74, 6) is 1.07. The van der Waals surface area contributed by atoms with Crippen LogP contribution in [0.4, 0.5) is 5.82 Å². The van der Waals surface area contributed by atoms with Crippen LogP contribution >= 0.6 is 0 Å². The third kappa shape index (κ3) is 3.32. The molecule has 1 aromatic carbocycles. The van der Waals surface area contributed by atoms with Gasteiger partial charge in [0.25, 0.3) is 0 Å². The number of para-hydroxylation sites is 2. The minimum atomic E-state index is 0.673. The Kier molecular flexibility index (Phi) is 5.47. The first-order valence-corrected chi connectivity index (χ1v) is 10.1. The molecule has 0 aliphatic carbocycles. The van der Waals surface area contributed by atoms with E-state index in [1.165, 1.54) is 5.56 Å². The molecule has 0 atom stereocenters. The van der Waals surface area contributed by atoms with E-state index in [9.17, 15) is 5.26 Å². The normalized spacial score (nSPS) is 15.2. The molecule has 3 heterocycles. The molecule has 1 fully saturated rings. The minimum absolute atomic E-state index is 0.673. The molecule has 0 spiro atoms. The van der Waals surface area contributed by atoms with Crippen molar-refractivity contribution < 1.29 is 4.74 Å². The van der Waals surface area contributed by atoms with E-state index in [-0.39, 0.29) is 0 Å². The van der Waals surface area contributed by atoms with Gasteiger partial charge in [-0.05, 0) is 49.6 Å². The van der Waals surface area contributed by atoms with Gasteiger partial charge in [0, 0.05) is 19.6 Å². The Morgan fingerprint density at radius 2 is 2.04 bits per heavy atom. The number of hydrogen-bond donors (Lipinski definition) is 1. The van der Waals surface area contributed by atoms with Crippen molar-refractivity contribution in [1.82, 2.24) is 14.3 Å². The summed E-state index contributed by atoms with van der Waals surface area (Å²) in [5, 5.41) is 13.4. The van der Waals surface area contributed by atoms with E-state index in [1.54, 1.807) is 0 Å². The molecule has 1 aliphatic rings. The number of imidazole rings is 1. The molecule has 0 amide bonds. The van der Waals surface area contributed by atoms with Gasteiger partial charge in [0.2, 0.25) is 0 Å². The Hall–Kier alpha value is -2.62. The van der Waals surface area contributed by atoms with E-state index in [2.05, 4.69) is 33.7 Å². The molecule has 0 radical (unpaired) electrons. The molecule has 28 heavy (non-hydrogen) atoms. The molecule has 146 valence electrons. The van der Waals surface area contributed by atoms with Crippen molar-refractivity contribution in [2.45, 2.75) is 26.7 Å². The molecule has 6 nitrogen and oxygen atoms in total. The second-order valence-corrected chi connectivity index (χ2v) is 7.29. The highest BCUT2D eigenvalue weighted by Gasteiger charge is 2.19. The standard InChI is InChI=1S/C22H27N5O/c1-3-17-16(2)18(15-23)22-25-19-7-4-5-8-20(19)27(22)21(17)24-9-6-10-26-11-13-28-14-12-26/h4-5,7-8,24H,3,6,9-14H2,1-2H3. The van der Waals surface area contributed by atoms with Gasteiger partial charge in [0.15, 0.2) is 5.65 Å². The number of hydrogen-bond acceptors (Lipinski definition) is 5. The average Bonchev–Trinajstić information content (AvgIpc) is 3.11. The largest absolute Gasteiger partial charge is 0.379 e. The highest BCUT2D eigenvalue weighted by molar-refractivity contribution is 5.86. The second-order valence-electron chi connectivity index (χ2n) is 7.29. The van der Waals surface area contributed by atoms with Gasteiger partial charge in [-0.3, -0.25) is 9.30 Å². The minimum Gasteiger partial charge on any atom is -0.379 e. The van der Waals surface area contributed by atoms with E-state index in [0.717, 1.165) is 80.3 Å². The molecule has 0 unspecified atom stereocenters. The number of ether oxygens (including phenoxy) is 1. The first-order valence-electron chi connectivity index (χ1n) is 10.1. The summed E-state index contributed by atoms with van der Waals surface area (Å²) in [6.07, 6.45) is 1.94. The van der Waals surface area contributed by atoms with Crippen molar-refractivity contribution in [3.8, 4) is 6.07 Å². The average molecular weight is 377 g/mol. The molecule has 1 aliphatic heterocycles. The molecule has 6 heteroatoms.